The summed E-state index contributed by atoms with van der Waals surface area (Å²) >= 11 is 0. The van der Waals surface area contributed by atoms with Crippen molar-refractivity contribution >= 4 is 5.82 Å². The van der Waals surface area contributed by atoms with Crippen LogP contribution >= 0.6 is 0 Å². The Bertz CT molecular complexity index is 819. The second-order valence-electron chi connectivity index (χ2n) is 7.91. The van der Waals surface area contributed by atoms with Crippen molar-refractivity contribution in [3.8, 4) is 0 Å². The van der Waals surface area contributed by atoms with Crippen LogP contribution in [0.4, 0.5) is 5.82 Å². The lowest BCUT2D eigenvalue weighted by molar-refractivity contribution is 0.332. The van der Waals surface area contributed by atoms with E-state index >= 15 is 0 Å². The standard InChI is InChI=1S/C20H27N5O/c1-14(2)20-21-10-7-18(22-20)24-11-8-15(9-12-24)13-25-19(26)6-5-17(23-25)16-3-4-16/h5-7,10,14-16H,3-4,8-9,11-13H2,1-2H3. The molecule has 6 heteroatoms. The normalized spacial score (nSPS) is 18.5. The van der Waals surface area contributed by atoms with Crippen LogP contribution in [0.5, 0.6) is 0 Å². The smallest absolute Gasteiger partial charge is 0.266 e. The molecule has 2 aromatic heterocycles. The van der Waals surface area contributed by atoms with Crippen LogP contribution in [0.1, 0.15) is 62.9 Å². The van der Waals surface area contributed by atoms with Crippen molar-refractivity contribution in [1.29, 1.82) is 0 Å². The molecule has 0 atom stereocenters. The fourth-order valence-corrected chi connectivity index (χ4v) is 3.60. The van der Waals surface area contributed by atoms with Crippen LogP contribution in [0.3, 0.4) is 0 Å². The lowest BCUT2D eigenvalue weighted by atomic mass is 9.97. The topological polar surface area (TPSA) is 63.9 Å². The Morgan fingerprint density at radius 1 is 1.12 bits per heavy atom. The minimum Gasteiger partial charge on any atom is -0.356 e. The summed E-state index contributed by atoms with van der Waals surface area (Å²) in [4.78, 5) is 23.5. The van der Waals surface area contributed by atoms with Gasteiger partial charge in [0, 0.05) is 43.7 Å². The maximum atomic E-state index is 12.1. The van der Waals surface area contributed by atoms with Crippen LogP contribution in [0, 0.1) is 5.92 Å². The second-order valence-corrected chi connectivity index (χ2v) is 7.91. The first-order valence-electron chi connectivity index (χ1n) is 9.76. The third-order valence-corrected chi connectivity index (χ3v) is 5.43. The van der Waals surface area contributed by atoms with Crippen molar-refractivity contribution in [2.24, 2.45) is 5.92 Å². The van der Waals surface area contributed by atoms with Crippen LogP contribution in [0.2, 0.25) is 0 Å². The van der Waals surface area contributed by atoms with E-state index in [1.54, 1.807) is 10.7 Å². The average Bonchev–Trinajstić information content (AvgIpc) is 3.49. The van der Waals surface area contributed by atoms with Crippen LogP contribution in [-0.4, -0.2) is 32.8 Å². The molecule has 1 aliphatic carbocycles. The molecule has 0 aromatic carbocycles. The van der Waals surface area contributed by atoms with Gasteiger partial charge in [0.2, 0.25) is 0 Å². The van der Waals surface area contributed by atoms with Crippen LogP contribution in [0.25, 0.3) is 0 Å². The minimum absolute atomic E-state index is 0.0224. The number of rotatable bonds is 5. The molecule has 0 amide bonds. The third kappa shape index (κ3) is 3.79. The van der Waals surface area contributed by atoms with Crippen molar-refractivity contribution in [3.05, 3.63) is 46.3 Å². The van der Waals surface area contributed by atoms with E-state index in [2.05, 4.69) is 28.8 Å². The van der Waals surface area contributed by atoms with Crippen molar-refractivity contribution in [3.63, 3.8) is 0 Å². The number of anilines is 1. The highest BCUT2D eigenvalue weighted by atomic mass is 16.1. The average molecular weight is 353 g/mol. The Morgan fingerprint density at radius 3 is 2.58 bits per heavy atom. The predicted octanol–water partition coefficient (Wildman–Crippen LogP) is 2.95. The van der Waals surface area contributed by atoms with E-state index in [4.69, 9.17) is 4.98 Å². The molecule has 26 heavy (non-hydrogen) atoms. The Kier molecular flexibility index (Phi) is 4.74. The highest BCUT2D eigenvalue weighted by Crippen LogP contribution is 2.38. The highest BCUT2D eigenvalue weighted by Gasteiger charge is 2.26. The fourth-order valence-electron chi connectivity index (χ4n) is 3.60. The first-order valence-corrected chi connectivity index (χ1v) is 9.76. The largest absolute Gasteiger partial charge is 0.356 e. The van der Waals surface area contributed by atoms with Crippen molar-refractivity contribution in [2.45, 2.75) is 57.9 Å². The second kappa shape index (κ2) is 7.17. The third-order valence-electron chi connectivity index (χ3n) is 5.43. The van der Waals surface area contributed by atoms with Crippen molar-refractivity contribution in [2.75, 3.05) is 18.0 Å². The lowest BCUT2D eigenvalue weighted by Crippen LogP contribution is -2.37. The summed E-state index contributed by atoms with van der Waals surface area (Å²) in [5.41, 5.74) is 1.11. The molecule has 4 rings (SSSR count). The molecule has 0 unspecified atom stereocenters. The first-order chi connectivity index (χ1) is 12.6. The molecular formula is C20H27N5O. The molecule has 0 spiro atoms. The monoisotopic (exact) mass is 353 g/mol. The molecule has 1 aliphatic heterocycles. The fraction of sp³-hybridized carbons (Fsp3) is 0.600. The molecule has 2 aliphatic rings. The molecule has 1 saturated heterocycles. The quantitative estimate of drug-likeness (QED) is 0.827. The first kappa shape index (κ1) is 17.2. The summed E-state index contributed by atoms with van der Waals surface area (Å²) in [6.45, 7) is 6.90. The van der Waals surface area contributed by atoms with Gasteiger partial charge in [-0.3, -0.25) is 4.79 Å². The van der Waals surface area contributed by atoms with Crippen molar-refractivity contribution in [1.82, 2.24) is 19.7 Å². The minimum atomic E-state index is 0.0224. The van der Waals surface area contributed by atoms with Gasteiger partial charge in [0.15, 0.2) is 0 Å². The zero-order valence-corrected chi connectivity index (χ0v) is 15.6. The van der Waals surface area contributed by atoms with Crippen LogP contribution in [-0.2, 0) is 6.54 Å². The van der Waals surface area contributed by atoms with Gasteiger partial charge >= 0.3 is 0 Å². The van der Waals surface area contributed by atoms with E-state index in [0.29, 0.717) is 17.8 Å². The Morgan fingerprint density at radius 2 is 1.88 bits per heavy atom. The number of piperidine rings is 1. The maximum absolute atomic E-state index is 12.1. The van der Waals surface area contributed by atoms with Gasteiger partial charge in [-0.2, -0.15) is 5.10 Å². The van der Waals surface area contributed by atoms with E-state index in [-0.39, 0.29) is 5.56 Å². The van der Waals surface area contributed by atoms with E-state index in [0.717, 1.165) is 49.8 Å². The zero-order valence-electron chi connectivity index (χ0n) is 15.6. The molecular weight excluding hydrogens is 326 g/mol. The number of hydrogen-bond acceptors (Lipinski definition) is 5. The predicted molar refractivity (Wildman–Crippen MR) is 102 cm³/mol. The summed E-state index contributed by atoms with van der Waals surface area (Å²) < 4.78 is 1.69. The van der Waals surface area contributed by atoms with Gasteiger partial charge in [0.25, 0.3) is 5.56 Å². The molecule has 138 valence electrons. The summed E-state index contributed by atoms with van der Waals surface area (Å²) in [6.07, 6.45) is 6.39. The van der Waals surface area contributed by atoms with Gasteiger partial charge in [-0.25, -0.2) is 14.6 Å². The van der Waals surface area contributed by atoms with Gasteiger partial charge in [-0.1, -0.05) is 13.8 Å². The summed E-state index contributed by atoms with van der Waals surface area (Å²) in [7, 11) is 0. The number of hydrogen-bond donors (Lipinski definition) is 0. The van der Waals surface area contributed by atoms with Crippen molar-refractivity contribution < 1.29 is 0 Å². The molecule has 0 bridgehead atoms. The van der Waals surface area contributed by atoms with E-state index in [9.17, 15) is 4.79 Å². The summed E-state index contributed by atoms with van der Waals surface area (Å²) in [6, 6.07) is 5.59. The number of aromatic nitrogens is 4. The Balaban J connectivity index is 1.39. The highest BCUT2D eigenvalue weighted by molar-refractivity contribution is 5.38. The van der Waals surface area contributed by atoms with Gasteiger partial charge in [0.1, 0.15) is 11.6 Å². The van der Waals surface area contributed by atoms with Gasteiger partial charge in [-0.05, 0) is 43.7 Å². The molecule has 1 saturated carbocycles. The van der Waals surface area contributed by atoms with Crippen LogP contribution in [0.15, 0.2) is 29.2 Å². The molecule has 3 heterocycles. The van der Waals surface area contributed by atoms with E-state index < -0.39 is 0 Å². The van der Waals surface area contributed by atoms with E-state index in [1.165, 1.54) is 12.8 Å². The molecule has 0 N–H and O–H groups in total. The van der Waals surface area contributed by atoms with E-state index in [1.807, 2.05) is 18.3 Å². The lowest BCUT2D eigenvalue weighted by Gasteiger charge is -2.33. The summed E-state index contributed by atoms with van der Waals surface area (Å²) in [5, 5.41) is 4.61. The number of nitrogens with zero attached hydrogens (tertiary/aromatic N) is 5. The molecule has 0 radical (unpaired) electrons. The SMILES string of the molecule is CC(C)c1nccc(N2CCC(Cn3nc(C4CC4)ccc3=O)CC2)n1. The molecule has 2 aromatic rings. The Hall–Kier alpha value is -2.24. The molecule has 6 nitrogen and oxygen atoms in total. The summed E-state index contributed by atoms with van der Waals surface area (Å²) in [5.74, 6) is 3.34. The van der Waals surface area contributed by atoms with Gasteiger partial charge in [0.05, 0.1) is 5.69 Å². The van der Waals surface area contributed by atoms with Gasteiger partial charge < -0.3 is 4.90 Å². The molecule has 2 fully saturated rings. The zero-order chi connectivity index (χ0) is 18.1. The van der Waals surface area contributed by atoms with Gasteiger partial charge in [-0.15, -0.1) is 0 Å². The van der Waals surface area contributed by atoms with Crippen LogP contribution < -0.4 is 10.5 Å². The Labute approximate surface area is 154 Å². The maximum Gasteiger partial charge on any atom is 0.266 e.